The minimum absolute atomic E-state index is 0.358. The molecule has 0 bridgehead atoms. The van der Waals surface area contributed by atoms with Crippen LogP contribution in [0.25, 0.3) is 0 Å². The summed E-state index contributed by atoms with van der Waals surface area (Å²) in [5, 5.41) is 26.1. The molecule has 1 aliphatic rings. The van der Waals surface area contributed by atoms with Crippen LogP contribution in [0.5, 0.6) is 0 Å². The predicted octanol–water partition coefficient (Wildman–Crippen LogP) is 3.53. The zero-order valence-corrected chi connectivity index (χ0v) is 19.9. The smallest absolute Gasteiger partial charge is 0.180 e. The molecule has 1 aromatic heterocycles. The van der Waals surface area contributed by atoms with Gasteiger partial charge >= 0.3 is 0 Å². The van der Waals surface area contributed by atoms with Gasteiger partial charge in [0.25, 0.3) is 0 Å². The fraction of sp³-hybridized carbons (Fsp3) is 0.583. The van der Waals surface area contributed by atoms with Gasteiger partial charge in [-0.25, -0.2) is 0 Å². The van der Waals surface area contributed by atoms with E-state index in [0.29, 0.717) is 15.9 Å². The van der Waals surface area contributed by atoms with Crippen molar-refractivity contribution in [3.8, 4) is 0 Å². The lowest BCUT2D eigenvalue weighted by atomic mass is 9.49. The van der Waals surface area contributed by atoms with Crippen molar-refractivity contribution >= 4 is 17.3 Å². The Hall–Kier alpha value is -2.38. The Balaban J connectivity index is 3.03. The van der Waals surface area contributed by atoms with Crippen LogP contribution in [-0.2, 0) is 19.6 Å². The van der Waals surface area contributed by atoms with Crippen molar-refractivity contribution in [1.29, 1.82) is 0 Å². The number of carbonyl (C=O) groups excluding carboxylic acids is 3. The molecule has 1 radical (unpaired) electrons. The van der Waals surface area contributed by atoms with Crippen LogP contribution in [-0.4, -0.2) is 28.0 Å². The first-order valence-corrected chi connectivity index (χ1v) is 10.4. The van der Waals surface area contributed by atoms with E-state index in [4.69, 9.17) is 0 Å². The van der Waals surface area contributed by atoms with E-state index in [0.717, 1.165) is 5.06 Å². The maximum atomic E-state index is 14.0. The number of hydrogen-bond acceptors (Lipinski definition) is 5. The van der Waals surface area contributed by atoms with Crippen molar-refractivity contribution in [3.63, 3.8) is 0 Å². The summed E-state index contributed by atoms with van der Waals surface area (Å²) >= 11 is 0. The topological polar surface area (TPSA) is 101 Å². The van der Waals surface area contributed by atoms with Gasteiger partial charge in [0.15, 0.2) is 29.7 Å². The van der Waals surface area contributed by atoms with Gasteiger partial charge in [-0.1, -0.05) is 11.6 Å². The molecule has 31 heavy (non-hydrogen) atoms. The molecular formula is C24H33N2O5. The lowest BCUT2D eigenvalue weighted by molar-refractivity contribution is -0.605. The quantitative estimate of drug-likeness (QED) is 0.240. The monoisotopic (exact) mass is 429 g/mol. The highest BCUT2D eigenvalue weighted by molar-refractivity contribution is 6.31. The molecule has 0 aliphatic heterocycles. The summed E-state index contributed by atoms with van der Waals surface area (Å²) in [7, 11) is 0. The summed E-state index contributed by atoms with van der Waals surface area (Å²) in [6, 6.07) is 1.65. The summed E-state index contributed by atoms with van der Waals surface area (Å²) in [5.74, 6) is -1.68. The second kappa shape index (κ2) is 7.64. The summed E-state index contributed by atoms with van der Waals surface area (Å²) < 4.78 is 0.572. The molecular weight excluding hydrogens is 396 g/mol. The molecule has 1 aromatic rings. The molecule has 0 spiro atoms. The van der Waals surface area contributed by atoms with E-state index in [1.165, 1.54) is 58.3 Å². The van der Waals surface area contributed by atoms with Crippen LogP contribution in [0.3, 0.4) is 0 Å². The number of hydrogen-bond donors (Lipinski definition) is 0. The SMILES string of the molecule is CC(C)=CC1(C(c2cc[n+]([O-])cc2)N([O])C(C)(C)C)C(=O)C(C)(C)C(=O)C(C)(C)C1=O. The lowest BCUT2D eigenvalue weighted by Crippen LogP contribution is -2.66. The number of nitrogens with zero attached hydrogens (tertiary/aromatic N) is 2. The number of ketones is 3. The summed E-state index contributed by atoms with van der Waals surface area (Å²) in [4.78, 5) is 41.1. The number of pyridine rings is 1. The Morgan fingerprint density at radius 3 is 1.74 bits per heavy atom. The van der Waals surface area contributed by atoms with Gasteiger partial charge < -0.3 is 5.21 Å². The van der Waals surface area contributed by atoms with Crippen molar-refractivity contribution < 1.29 is 24.3 Å². The number of aromatic nitrogens is 1. The Bertz CT molecular complexity index is 902. The minimum Gasteiger partial charge on any atom is -0.619 e. The third-order valence-corrected chi connectivity index (χ3v) is 6.01. The summed E-state index contributed by atoms with van der Waals surface area (Å²) in [5.41, 5.74) is -4.79. The van der Waals surface area contributed by atoms with E-state index in [2.05, 4.69) is 0 Å². The van der Waals surface area contributed by atoms with Gasteiger partial charge in [0.05, 0.1) is 16.9 Å². The van der Waals surface area contributed by atoms with Gasteiger partial charge in [-0.05, 0) is 67.9 Å². The molecule has 0 N–H and O–H groups in total. The first-order chi connectivity index (χ1) is 13.9. The molecule has 1 unspecified atom stereocenters. The second-order valence-corrected chi connectivity index (χ2v) is 10.7. The van der Waals surface area contributed by atoms with Gasteiger partial charge in [-0.2, -0.15) is 4.73 Å². The molecule has 1 heterocycles. The molecule has 1 fully saturated rings. The number of Topliss-reactive ketones (excluding diaryl/α,β-unsaturated/α-hetero) is 3. The van der Waals surface area contributed by atoms with Crippen LogP contribution in [0.4, 0.5) is 0 Å². The maximum Gasteiger partial charge on any atom is 0.180 e. The van der Waals surface area contributed by atoms with Crippen molar-refractivity contribution in [2.45, 2.75) is 73.9 Å². The van der Waals surface area contributed by atoms with Crippen molar-refractivity contribution in [2.24, 2.45) is 16.2 Å². The highest BCUT2D eigenvalue weighted by Crippen LogP contribution is 2.55. The molecule has 0 amide bonds. The van der Waals surface area contributed by atoms with Gasteiger partial charge in [0.2, 0.25) is 0 Å². The normalized spacial score (nSPS) is 21.2. The van der Waals surface area contributed by atoms with Crippen molar-refractivity contribution in [2.75, 3.05) is 0 Å². The fourth-order valence-corrected chi connectivity index (χ4v) is 4.62. The van der Waals surface area contributed by atoms with Gasteiger partial charge in [0, 0.05) is 17.7 Å². The first-order valence-electron chi connectivity index (χ1n) is 10.4. The molecule has 7 nitrogen and oxygen atoms in total. The van der Waals surface area contributed by atoms with Crippen molar-refractivity contribution in [1.82, 2.24) is 5.06 Å². The number of rotatable bonds is 4. The molecule has 1 saturated carbocycles. The standard InChI is InChI=1S/C24H33N2O5/c1-15(2)14-24(19(28)22(6,7)18(27)23(8,9)20(24)29)17(26(31)21(3,4)5)16-10-12-25(30)13-11-16/h10-14,17H,1-9H3. The Kier molecular flexibility index (Phi) is 6.13. The highest BCUT2D eigenvalue weighted by Gasteiger charge is 2.68. The van der Waals surface area contributed by atoms with Crippen LogP contribution in [0.15, 0.2) is 36.2 Å². The minimum atomic E-state index is -1.90. The lowest BCUT2D eigenvalue weighted by Gasteiger charge is -2.52. The number of allylic oxidation sites excluding steroid dienone is 1. The van der Waals surface area contributed by atoms with E-state index in [1.807, 2.05) is 0 Å². The fourth-order valence-electron chi connectivity index (χ4n) is 4.62. The molecule has 1 aliphatic carbocycles. The van der Waals surface area contributed by atoms with Gasteiger partial charge in [-0.3, -0.25) is 14.4 Å². The van der Waals surface area contributed by atoms with E-state index >= 15 is 0 Å². The molecule has 7 heteroatoms. The van der Waals surface area contributed by atoms with E-state index in [1.54, 1.807) is 34.6 Å². The highest BCUT2D eigenvalue weighted by atomic mass is 16.5. The number of carbonyl (C=O) groups is 3. The third kappa shape index (κ3) is 3.85. The molecule has 0 aromatic carbocycles. The molecule has 2 rings (SSSR count). The van der Waals surface area contributed by atoms with Crippen LogP contribution in [0.2, 0.25) is 0 Å². The predicted molar refractivity (Wildman–Crippen MR) is 115 cm³/mol. The molecule has 1 atom stereocenters. The summed E-state index contributed by atoms with van der Waals surface area (Å²) in [6.45, 7) is 14.6. The van der Waals surface area contributed by atoms with E-state index < -0.39 is 45.2 Å². The van der Waals surface area contributed by atoms with Crippen LogP contribution in [0, 0.1) is 21.5 Å². The summed E-state index contributed by atoms with van der Waals surface area (Å²) in [6.07, 6.45) is 4.00. The Labute approximate surface area is 184 Å². The van der Waals surface area contributed by atoms with E-state index in [-0.39, 0.29) is 0 Å². The zero-order chi connectivity index (χ0) is 24.2. The van der Waals surface area contributed by atoms with Crippen LogP contribution >= 0.6 is 0 Å². The van der Waals surface area contributed by atoms with Crippen LogP contribution in [0.1, 0.15) is 73.9 Å². The zero-order valence-electron chi connectivity index (χ0n) is 19.9. The maximum absolute atomic E-state index is 14.0. The van der Waals surface area contributed by atoms with Gasteiger partial charge in [-0.15, -0.1) is 10.3 Å². The molecule has 0 saturated heterocycles. The van der Waals surface area contributed by atoms with Crippen LogP contribution < -0.4 is 4.73 Å². The average molecular weight is 430 g/mol. The first kappa shape index (κ1) is 24.9. The largest absolute Gasteiger partial charge is 0.619 e. The third-order valence-electron chi connectivity index (χ3n) is 6.01. The van der Waals surface area contributed by atoms with E-state index in [9.17, 15) is 24.8 Å². The Morgan fingerprint density at radius 1 is 0.968 bits per heavy atom. The van der Waals surface area contributed by atoms with Crippen molar-refractivity contribution in [3.05, 3.63) is 46.9 Å². The molecule has 169 valence electrons. The average Bonchev–Trinajstić information content (AvgIpc) is 2.64. The Morgan fingerprint density at radius 2 is 1.39 bits per heavy atom. The number of hydroxylamine groups is 2. The second-order valence-electron chi connectivity index (χ2n) is 10.7. The van der Waals surface area contributed by atoms with Gasteiger partial charge in [0.1, 0.15) is 5.41 Å².